The predicted molar refractivity (Wildman–Crippen MR) is 125 cm³/mol. The van der Waals surface area contributed by atoms with E-state index in [1.807, 2.05) is 0 Å². The van der Waals surface area contributed by atoms with E-state index in [4.69, 9.17) is 4.98 Å². The van der Waals surface area contributed by atoms with Gasteiger partial charge in [-0.1, -0.05) is 31.2 Å². The van der Waals surface area contributed by atoms with Crippen molar-refractivity contribution < 1.29 is 13.3 Å². The Morgan fingerprint density at radius 2 is 1.62 bits per heavy atom. The first kappa shape index (κ1) is 22.4. The largest absolute Gasteiger partial charge is 0.345 e. The average molecular weight is 473 g/mol. The highest BCUT2D eigenvalue weighted by Crippen LogP contribution is 2.26. The summed E-state index contributed by atoms with van der Waals surface area (Å²) in [4.78, 5) is 17.2. The third-order valence-electron chi connectivity index (χ3n) is 5.55. The van der Waals surface area contributed by atoms with Crippen molar-refractivity contribution in [2.45, 2.75) is 24.7 Å². The molecule has 1 aromatic heterocycles. The van der Waals surface area contributed by atoms with Crippen molar-refractivity contribution in [1.82, 2.24) is 9.29 Å². The molecule has 32 heavy (non-hydrogen) atoms. The van der Waals surface area contributed by atoms with Gasteiger partial charge in [0.1, 0.15) is 0 Å². The first-order valence-corrected chi connectivity index (χ1v) is 12.7. The predicted octanol–water partition coefficient (Wildman–Crippen LogP) is 3.72. The number of piperazine rings is 1. The van der Waals surface area contributed by atoms with Crippen LogP contribution in [0.2, 0.25) is 0 Å². The molecule has 2 aromatic carbocycles. The van der Waals surface area contributed by atoms with E-state index in [-0.39, 0.29) is 10.6 Å². The number of thiazole rings is 1. The number of benzene rings is 2. The van der Waals surface area contributed by atoms with Crippen LogP contribution in [-0.4, -0.2) is 48.8 Å². The lowest BCUT2D eigenvalue weighted by atomic mass is 10.1. The molecule has 1 aliphatic heterocycles. The van der Waals surface area contributed by atoms with Crippen LogP contribution >= 0.6 is 11.3 Å². The Labute approximate surface area is 191 Å². The van der Waals surface area contributed by atoms with Crippen molar-refractivity contribution in [2.24, 2.45) is 0 Å². The van der Waals surface area contributed by atoms with Crippen LogP contribution in [0.15, 0.2) is 58.8 Å². The molecule has 0 atom stereocenters. The Kier molecular flexibility index (Phi) is 6.54. The van der Waals surface area contributed by atoms with E-state index in [0.717, 1.165) is 23.7 Å². The second-order valence-corrected chi connectivity index (χ2v) is 10.4. The molecule has 0 unspecified atom stereocenters. The zero-order valence-electron chi connectivity index (χ0n) is 17.7. The fraction of sp³-hybridized carbons (Fsp3) is 0.318. The first-order chi connectivity index (χ1) is 15.4. The van der Waals surface area contributed by atoms with Gasteiger partial charge in [0.15, 0.2) is 5.13 Å². The maximum atomic E-state index is 12.9. The van der Waals surface area contributed by atoms with Gasteiger partial charge in [-0.05, 0) is 29.7 Å². The van der Waals surface area contributed by atoms with E-state index in [2.05, 4.69) is 41.5 Å². The van der Waals surface area contributed by atoms with Crippen molar-refractivity contribution in [3.63, 3.8) is 0 Å². The number of hydrogen-bond acceptors (Lipinski definition) is 7. The quantitative estimate of drug-likeness (QED) is 0.384. The molecule has 0 aliphatic carbocycles. The summed E-state index contributed by atoms with van der Waals surface area (Å²) in [6.07, 6.45) is 1.79. The third kappa shape index (κ3) is 4.82. The number of aryl methyl sites for hydroxylation is 1. The topological polar surface area (TPSA) is 96.7 Å². The van der Waals surface area contributed by atoms with Crippen molar-refractivity contribution in [2.75, 3.05) is 31.1 Å². The van der Waals surface area contributed by atoms with Crippen LogP contribution in [0.5, 0.6) is 0 Å². The SMILES string of the molecule is CCc1ccc(Cc2csc(N3CCN(S(=O)(=O)c4ccc([N+](=O)[O-])cc4)CC3)n2)cc1. The van der Waals surface area contributed by atoms with Gasteiger partial charge in [-0.15, -0.1) is 11.3 Å². The van der Waals surface area contributed by atoms with Crippen LogP contribution in [-0.2, 0) is 22.9 Å². The number of nitro groups is 1. The Hall–Kier alpha value is -2.82. The lowest BCUT2D eigenvalue weighted by Gasteiger charge is -2.33. The monoisotopic (exact) mass is 472 g/mol. The van der Waals surface area contributed by atoms with E-state index >= 15 is 0 Å². The van der Waals surface area contributed by atoms with Gasteiger partial charge in [-0.2, -0.15) is 4.31 Å². The first-order valence-electron chi connectivity index (χ1n) is 10.4. The fourth-order valence-electron chi connectivity index (χ4n) is 3.63. The van der Waals surface area contributed by atoms with Crippen molar-refractivity contribution in [3.8, 4) is 0 Å². The minimum atomic E-state index is -3.68. The number of sulfonamides is 1. The van der Waals surface area contributed by atoms with Crippen LogP contribution in [0, 0.1) is 10.1 Å². The molecule has 1 saturated heterocycles. The number of hydrogen-bond donors (Lipinski definition) is 0. The van der Waals surface area contributed by atoms with E-state index in [0.29, 0.717) is 26.2 Å². The van der Waals surface area contributed by atoms with Crippen molar-refractivity contribution >= 4 is 32.2 Å². The maximum absolute atomic E-state index is 12.9. The standard InChI is InChI=1S/C22H24N4O4S2/c1-2-17-3-5-18(6-4-17)15-19-16-31-22(23-19)24-11-13-25(14-12-24)32(29,30)21-9-7-20(8-10-21)26(27)28/h3-10,16H,2,11-15H2,1H3. The highest BCUT2D eigenvalue weighted by Gasteiger charge is 2.29. The van der Waals surface area contributed by atoms with E-state index in [1.54, 1.807) is 11.3 Å². The number of rotatable bonds is 7. The summed E-state index contributed by atoms with van der Waals surface area (Å²) in [5, 5.41) is 13.8. The van der Waals surface area contributed by atoms with E-state index in [1.165, 1.54) is 39.7 Å². The Bertz CT molecular complexity index is 1180. The van der Waals surface area contributed by atoms with Gasteiger partial charge in [0, 0.05) is 50.1 Å². The van der Waals surface area contributed by atoms with Crippen LogP contribution in [0.4, 0.5) is 10.8 Å². The molecule has 2 heterocycles. The molecule has 0 saturated carbocycles. The molecule has 1 aliphatic rings. The summed E-state index contributed by atoms with van der Waals surface area (Å²) in [6, 6.07) is 13.6. The van der Waals surface area contributed by atoms with Crippen molar-refractivity contribution in [3.05, 3.63) is 80.8 Å². The lowest BCUT2D eigenvalue weighted by molar-refractivity contribution is -0.384. The molecule has 168 valence electrons. The Morgan fingerprint density at radius 1 is 1.00 bits per heavy atom. The van der Waals surface area contributed by atoms with Gasteiger partial charge < -0.3 is 4.90 Å². The highest BCUT2D eigenvalue weighted by atomic mass is 32.2. The van der Waals surface area contributed by atoms with Gasteiger partial charge in [-0.3, -0.25) is 10.1 Å². The summed E-state index contributed by atoms with van der Waals surface area (Å²) >= 11 is 1.58. The average Bonchev–Trinajstić information content (AvgIpc) is 3.28. The molecular weight excluding hydrogens is 448 g/mol. The Morgan fingerprint density at radius 3 is 2.22 bits per heavy atom. The van der Waals surface area contributed by atoms with Crippen LogP contribution < -0.4 is 4.90 Å². The highest BCUT2D eigenvalue weighted by molar-refractivity contribution is 7.89. The molecule has 3 aromatic rings. The minimum Gasteiger partial charge on any atom is -0.345 e. The summed E-state index contributed by atoms with van der Waals surface area (Å²) in [5.74, 6) is 0. The second-order valence-electron chi connectivity index (χ2n) is 7.61. The number of aromatic nitrogens is 1. The number of anilines is 1. The smallest absolute Gasteiger partial charge is 0.269 e. The summed E-state index contributed by atoms with van der Waals surface area (Å²) in [5.41, 5.74) is 3.41. The molecule has 10 heteroatoms. The molecule has 0 spiro atoms. The van der Waals surface area contributed by atoms with Gasteiger partial charge in [0.05, 0.1) is 15.5 Å². The van der Waals surface area contributed by atoms with Gasteiger partial charge in [-0.25, -0.2) is 13.4 Å². The minimum absolute atomic E-state index is 0.0715. The van der Waals surface area contributed by atoms with Crippen LogP contribution in [0.1, 0.15) is 23.7 Å². The molecule has 0 amide bonds. The van der Waals surface area contributed by atoms with Gasteiger partial charge in [0.2, 0.25) is 10.0 Å². The summed E-state index contributed by atoms with van der Waals surface area (Å²) in [7, 11) is -3.68. The fourth-order valence-corrected chi connectivity index (χ4v) is 5.93. The number of non-ortho nitro benzene ring substituents is 1. The molecule has 0 bridgehead atoms. The number of nitrogens with zero attached hydrogens (tertiary/aromatic N) is 4. The molecule has 0 N–H and O–H groups in total. The van der Waals surface area contributed by atoms with Crippen LogP contribution in [0.25, 0.3) is 0 Å². The van der Waals surface area contributed by atoms with Crippen molar-refractivity contribution in [1.29, 1.82) is 0 Å². The molecular formula is C22H24N4O4S2. The van der Waals surface area contributed by atoms with Crippen LogP contribution in [0.3, 0.4) is 0 Å². The zero-order valence-corrected chi connectivity index (χ0v) is 19.3. The second kappa shape index (κ2) is 9.35. The maximum Gasteiger partial charge on any atom is 0.269 e. The lowest BCUT2D eigenvalue weighted by Crippen LogP contribution is -2.48. The molecule has 8 nitrogen and oxygen atoms in total. The number of nitro benzene ring substituents is 1. The van der Waals surface area contributed by atoms with E-state index in [9.17, 15) is 18.5 Å². The normalized spacial score (nSPS) is 15.1. The Balaban J connectivity index is 1.37. The van der Waals surface area contributed by atoms with Gasteiger partial charge in [0.25, 0.3) is 5.69 Å². The summed E-state index contributed by atoms with van der Waals surface area (Å²) in [6.45, 7) is 3.91. The molecule has 1 fully saturated rings. The van der Waals surface area contributed by atoms with Gasteiger partial charge >= 0.3 is 0 Å². The zero-order chi connectivity index (χ0) is 22.7. The third-order valence-corrected chi connectivity index (χ3v) is 8.41. The van der Waals surface area contributed by atoms with E-state index < -0.39 is 14.9 Å². The molecule has 4 rings (SSSR count). The molecule has 0 radical (unpaired) electrons. The summed E-state index contributed by atoms with van der Waals surface area (Å²) < 4.78 is 27.2.